The third kappa shape index (κ3) is 4.38. The number of hydrogen-bond donors (Lipinski definition) is 1. The van der Waals surface area contributed by atoms with Crippen molar-refractivity contribution < 1.29 is 9.53 Å². The smallest absolute Gasteiger partial charge is 0.263 e. The van der Waals surface area contributed by atoms with Gasteiger partial charge in [0.05, 0.1) is 18.1 Å². The Bertz CT molecular complexity index is 1360. The number of carbonyl (C=O) groups excluding carboxylic acids is 1. The van der Waals surface area contributed by atoms with Crippen LogP contribution in [0, 0.1) is 0 Å². The maximum absolute atomic E-state index is 12.7. The molecule has 0 unspecified atom stereocenters. The van der Waals surface area contributed by atoms with Gasteiger partial charge >= 0.3 is 0 Å². The highest BCUT2D eigenvalue weighted by Gasteiger charge is 2.22. The van der Waals surface area contributed by atoms with Gasteiger partial charge in [-0.1, -0.05) is 0 Å². The van der Waals surface area contributed by atoms with E-state index >= 15 is 0 Å². The molecule has 33 heavy (non-hydrogen) atoms. The Hall–Kier alpha value is -4.27. The standard InChI is InChI=1S/C24H22N6O3/c1-29-15-16(13-27-29)21-12-18(9-10-25-21)33-19-7-8-22(26-14-19)28-23(31)20-6-3-11-30(24(20)32)17-4-2-5-17/h3,6-15,17H,2,4-5H2,1H3,(H,26,28,31). The Morgan fingerprint density at radius 1 is 1.12 bits per heavy atom. The van der Waals surface area contributed by atoms with Crippen molar-refractivity contribution in [3.05, 3.63) is 83.3 Å². The van der Waals surface area contributed by atoms with E-state index in [0.29, 0.717) is 17.3 Å². The van der Waals surface area contributed by atoms with Crippen LogP contribution >= 0.6 is 0 Å². The number of anilines is 1. The molecular formula is C24H22N6O3. The number of carbonyl (C=O) groups is 1. The highest BCUT2D eigenvalue weighted by atomic mass is 16.5. The molecule has 0 bridgehead atoms. The monoisotopic (exact) mass is 442 g/mol. The first kappa shape index (κ1) is 20.6. The lowest BCUT2D eigenvalue weighted by Crippen LogP contribution is -2.33. The molecule has 1 fully saturated rings. The van der Waals surface area contributed by atoms with E-state index in [1.54, 1.807) is 52.1 Å². The highest BCUT2D eigenvalue weighted by Crippen LogP contribution is 2.30. The van der Waals surface area contributed by atoms with Crippen molar-refractivity contribution in [2.75, 3.05) is 5.32 Å². The van der Waals surface area contributed by atoms with Crippen molar-refractivity contribution in [1.82, 2.24) is 24.3 Å². The number of rotatable bonds is 6. The predicted octanol–water partition coefficient (Wildman–Crippen LogP) is 3.81. The summed E-state index contributed by atoms with van der Waals surface area (Å²) in [6, 6.07) is 10.3. The average Bonchev–Trinajstić information content (AvgIpc) is 3.22. The molecule has 5 rings (SSSR count). The zero-order chi connectivity index (χ0) is 22.8. The average molecular weight is 442 g/mol. The van der Waals surface area contributed by atoms with Crippen molar-refractivity contribution in [1.29, 1.82) is 0 Å². The van der Waals surface area contributed by atoms with Crippen LogP contribution in [-0.4, -0.2) is 30.2 Å². The van der Waals surface area contributed by atoms with E-state index in [4.69, 9.17) is 4.74 Å². The molecule has 1 N–H and O–H groups in total. The Morgan fingerprint density at radius 3 is 2.70 bits per heavy atom. The molecule has 9 nitrogen and oxygen atoms in total. The zero-order valence-electron chi connectivity index (χ0n) is 18.0. The topological polar surface area (TPSA) is 104 Å². The molecule has 0 aromatic carbocycles. The molecule has 1 saturated carbocycles. The van der Waals surface area contributed by atoms with Crippen LogP contribution in [0.2, 0.25) is 0 Å². The highest BCUT2D eigenvalue weighted by molar-refractivity contribution is 6.03. The lowest BCUT2D eigenvalue weighted by atomic mass is 9.92. The summed E-state index contributed by atoms with van der Waals surface area (Å²) >= 11 is 0. The van der Waals surface area contributed by atoms with Gasteiger partial charge in [-0.2, -0.15) is 5.10 Å². The molecule has 9 heteroatoms. The SMILES string of the molecule is Cn1cc(-c2cc(Oc3ccc(NC(=O)c4cccn(C5CCC5)c4=O)nc3)ccn2)cn1. The van der Waals surface area contributed by atoms with Gasteiger partial charge in [0.15, 0.2) is 0 Å². The molecule has 4 aromatic rings. The lowest BCUT2D eigenvalue weighted by molar-refractivity contribution is 0.102. The Balaban J connectivity index is 1.27. The molecule has 0 spiro atoms. The van der Waals surface area contributed by atoms with Gasteiger partial charge in [0, 0.05) is 43.3 Å². The number of pyridine rings is 3. The zero-order valence-corrected chi connectivity index (χ0v) is 18.0. The largest absolute Gasteiger partial charge is 0.456 e. The second kappa shape index (κ2) is 8.70. The molecule has 1 aliphatic rings. The molecule has 1 aliphatic carbocycles. The summed E-state index contributed by atoms with van der Waals surface area (Å²) in [7, 11) is 1.84. The van der Waals surface area contributed by atoms with E-state index in [1.165, 1.54) is 12.3 Å². The Morgan fingerprint density at radius 2 is 2.00 bits per heavy atom. The first-order chi connectivity index (χ1) is 16.1. The molecule has 0 atom stereocenters. The maximum Gasteiger partial charge on any atom is 0.263 e. The molecule has 0 radical (unpaired) electrons. The number of nitrogens with one attached hydrogen (secondary N) is 1. The maximum atomic E-state index is 12.7. The summed E-state index contributed by atoms with van der Waals surface area (Å²) in [5, 5.41) is 6.85. The quantitative estimate of drug-likeness (QED) is 0.487. The summed E-state index contributed by atoms with van der Waals surface area (Å²) in [5.74, 6) is 0.952. The van der Waals surface area contributed by atoms with Crippen molar-refractivity contribution >= 4 is 11.7 Å². The summed E-state index contributed by atoms with van der Waals surface area (Å²) in [5.41, 5.74) is 1.46. The second-order valence-electron chi connectivity index (χ2n) is 7.93. The van der Waals surface area contributed by atoms with Crippen molar-refractivity contribution in [3.8, 4) is 22.8 Å². The first-order valence-electron chi connectivity index (χ1n) is 10.7. The van der Waals surface area contributed by atoms with Crippen LogP contribution in [0.3, 0.4) is 0 Å². The van der Waals surface area contributed by atoms with E-state index < -0.39 is 5.91 Å². The van der Waals surface area contributed by atoms with Crippen LogP contribution in [0.1, 0.15) is 35.7 Å². The van der Waals surface area contributed by atoms with Crippen LogP contribution in [-0.2, 0) is 7.05 Å². The molecule has 4 heterocycles. The fourth-order valence-corrected chi connectivity index (χ4v) is 3.66. The minimum atomic E-state index is -0.481. The Kier molecular flexibility index (Phi) is 5.43. The van der Waals surface area contributed by atoms with Crippen molar-refractivity contribution in [3.63, 3.8) is 0 Å². The summed E-state index contributed by atoms with van der Waals surface area (Å²) < 4.78 is 9.23. The second-order valence-corrected chi connectivity index (χ2v) is 7.93. The van der Waals surface area contributed by atoms with Gasteiger partial charge in [-0.3, -0.25) is 19.3 Å². The molecule has 1 amide bonds. The van der Waals surface area contributed by atoms with Crippen LogP contribution in [0.15, 0.2) is 72.2 Å². The number of hydrogen-bond acceptors (Lipinski definition) is 6. The van der Waals surface area contributed by atoms with Crippen LogP contribution in [0.4, 0.5) is 5.82 Å². The van der Waals surface area contributed by atoms with Crippen molar-refractivity contribution in [2.24, 2.45) is 7.05 Å². The molecule has 0 aliphatic heterocycles. The molecule has 4 aromatic heterocycles. The van der Waals surface area contributed by atoms with Gasteiger partial charge in [0.1, 0.15) is 22.9 Å². The van der Waals surface area contributed by atoms with Gasteiger partial charge in [-0.05, 0) is 49.6 Å². The minimum Gasteiger partial charge on any atom is -0.456 e. The fraction of sp³-hybridized carbons (Fsp3) is 0.208. The van der Waals surface area contributed by atoms with Gasteiger partial charge in [0.2, 0.25) is 0 Å². The lowest BCUT2D eigenvalue weighted by Gasteiger charge is -2.27. The third-order valence-corrected chi connectivity index (χ3v) is 5.63. The van der Waals surface area contributed by atoms with Crippen LogP contribution in [0.25, 0.3) is 11.3 Å². The first-order valence-corrected chi connectivity index (χ1v) is 10.7. The van der Waals surface area contributed by atoms with Gasteiger partial charge in [-0.25, -0.2) is 4.98 Å². The fourth-order valence-electron chi connectivity index (χ4n) is 3.66. The number of amides is 1. The van der Waals surface area contributed by atoms with E-state index in [0.717, 1.165) is 30.5 Å². The normalized spacial score (nSPS) is 13.4. The number of nitrogens with zero attached hydrogens (tertiary/aromatic N) is 5. The number of aromatic nitrogens is 5. The van der Waals surface area contributed by atoms with E-state index in [2.05, 4.69) is 20.4 Å². The van der Waals surface area contributed by atoms with Crippen molar-refractivity contribution in [2.45, 2.75) is 25.3 Å². The Labute approximate surface area is 189 Å². The van der Waals surface area contributed by atoms with Gasteiger partial charge < -0.3 is 14.6 Å². The summed E-state index contributed by atoms with van der Waals surface area (Å²) in [6.45, 7) is 0. The summed E-state index contributed by atoms with van der Waals surface area (Å²) in [4.78, 5) is 33.9. The van der Waals surface area contributed by atoms with Gasteiger partial charge in [-0.15, -0.1) is 0 Å². The number of ether oxygens (including phenoxy) is 1. The molecule has 0 saturated heterocycles. The van der Waals surface area contributed by atoms with Crippen LogP contribution in [0.5, 0.6) is 11.5 Å². The predicted molar refractivity (Wildman–Crippen MR) is 122 cm³/mol. The minimum absolute atomic E-state index is 0.103. The molecule has 166 valence electrons. The van der Waals surface area contributed by atoms with Crippen LogP contribution < -0.4 is 15.6 Å². The third-order valence-electron chi connectivity index (χ3n) is 5.63. The van der Waals surface area contributed by atoms with E-state index in [-0.39, 0.29) is 17.2 Å². The van der Waals surface area contributed by atoms with E-state index in [1.807, 2.05) is 19.3 Å². The molecular weight excluding hydrogens is 420 g/mol. The number of aryl methyl sites for hydroxylation is 1. The summed E-state index contributed by atoms with van der Waals surface area (Å²) in [6.07, 6.45) is 11.6. The van der Waals surface area contributed by atoms with E-state index in [9.17, 15) is 9.59 Å². The van der Waals surface area contributed by atoms with Gasteiger partial charge in [0.25, 0.3) is 11.5 Å².